The Morgan fingerprint density at radius 2 is 1.80 bits per heavy atom. The Morgan fingerprint density at radius 1 is 1.00 bits per heavy atom. The fourth-order valence-electron chi connectivity index (χ4n) is 4.20. The molecule has 1 saturated carbocycles. The Balaban J connectivity index is 1.14. The molecule has 0 bridgehead atoms. The number of fused-ring (bicyclic) bond motifs is 2. The number of carbonyl (C=O) groups excluding carboxylic acids is 1. The van der Waals surface area contributed by atoms with Crippen LogP contribution in [-0.4, -0.2) is 60.2 Å². The van der Waals surface area contributed by atoms with Crippen molar-refractivity contribution in [3.63, 3.8) is 0 Å². The van der Waals surface area contributed by atoms with Crippen LogP contribution in [0.25, 0.3) is 11.3 Å². The predicted octanol–water partition coefficient (Wildman–Crippen LogP) is 1.35. The lowest BCUT2D eigenvalue weighted by Gasteiger charge is -2.18. The van der Waals surface area contributed by atoms with Gasteiger partial charge in [-0.2, -0.15) is 0 Å². The summed E-state index contributed by atoms with van der Waals surface area (Å²) in [7, 11) is 0. The largest absolute Gasteiger partial charge is 0.454 e. The smallest absolute Gasteiger partial charge is 0.231 e. The van der Waals surface area contributed by atoms with Crippen LogP contribution in [-0.2, 0) is 14.3 Å². The molecule has 6 rings (SSSR count). The van der Waals surface area contributed by atoms with Crippen LogP contribution in [0.3, 0.4) is 0 Å². The fourth-order valence-corrected chi connectivity index (χ4v) is 4.20. The van der Waals surface area contributed by atoms with Crippen LogP contribution < -0.4 is 20.1 Å². The summed E-state index contributed by atoms with van der Waals surface area (Å²) >= 11 is 0. The van der Waals surface area contributed by atoms with E-state index in [2.05, 4.69) is 20.6 Å². The Labute approximate surface area is 173 Å². The van der Waals surface area contributed by atoms with E-state index < -0.39 is 0 Å². The molecule has 4 atom stereocenters. The standard InChI is InChI=1S/C21H22N4O5/c26-20(11-1-2-11)23-14-8-27-19-15(9-28-18(14)19)25-21-22-6-5-13(24-21)12-3-4-16-17(7-12)30-10-29-16/h3-7,11,14-15,18-19H,1-2,8-10H2,(H,23,26)(H,22,24,25)/t14-,15-,18+,19+/m0/s1. The molecule has 1 aromatic carbocycles. The molecular formula is C21H22N4O5. The first-order valence-corrected chi connectivity index (χ1v) is 10.3. The van der Waals surface area contributed by atoms with Crippen molar-refractivity contribution in [2.75, 3.05) is 25.3 Å². The average molecular weight is 410 g/mol. The van der Waals surface area contributed by atoms with Crippen molar-refractivity contribution in [3.8, 4) is 22.8 Å². The SMILES string of the molecule is O=C(N[C@H]1CO[C@H]2[C@@H]1OC[C@@H]2Nc1nccc(-c2ccc3c(c2)OCO3)n1)C1CC1. The molecular weight excluding hydrogens is 388 g/mol. The molecule has 2 saturated heterocycles. The molecule has 9 heteroatoms. The summed E-state index contributed by atoms with van der Waals surface area (Å²) in [6.07, 6.45) is 3.39. The first kappa shape index (κ1) is 17.9. The van der Waals surface area contributed by atoms with Crippen molar-refractivity contribution in [3.05, 3.63) is 30.5 Å². The summed E-state index contributed by atoms with van der Waals surface area (Å²) in [6.45, 7) is 1.18. The maximum atomic E-state index is 12.1. The number of rotatable bonds is 5. The molecule has 2 N–H and O–H groups in total. The number of amides is 1. The molecule has 156 valence electrons. The lowest BCUT2D eigenvalue weighted by molar-refractivity contribution is -0.123. The van der Waals surface area contributed by atoms with E-state index in [0.29, 0.717) is 24.9 Å². The highest BCUT2D eigenvalue weighted by atomic mass is 16.7. The highest BCUT2D eigenvalue weighted by Crippen LogP contribution is 2.36. The predicted molar refractivity (Wildman–Crippen MR) is 105 cm³/mol. The lowest BCUT2D eigenvalue weighted by atomic mass is 10.1. The number of aromatic nitrogens is 2. The minimum absolute atomic E-state index is 0.0789. The molecule has 2 aromatic rings. The molecule has 1 aliphatic carbocycles. The van der Waals surface area contributed by atoms with Gasteiger partial charge in [-0.05, 0) is 37.1 Å². The number of nitrogens with zero attached hydrogens (tertiary/aromatic N) is 2. The van der Waals surface area contributed by atoms with E-state index in [-0.39, 0.29) is 42.9 Å². The summed E-state index contributed by atoms with van der Waals surface area (Å²) < 4.78 is 22.7. The van der Waals surface area contributed by atoms with Crippen molar-refractivity contribution in [1.29, 1.82) is 0 Å². The maximum Gasteiger partial charge on any atom is 0.231 e. The summed E-state index contributed by atoms with van der Waals surface area (Å²) in [5, 5.41) is 6.42. The van der Waals surface area contributed by atoms with Crippen LogP contribution in [0.15, 0.2) is 30.5 Å². The van der Waals surface area contributed by atoms with Crippen molar-refractivity contribution in [1.82, 2.24) is 15.3 Å². The molecule has 4 aliphatic rings. The third kappa shape index (κ3) is 3.23. The third-order valence-electron chi connectivity index (χ3n) is 5.97. The summed E-state index contributed by atoms with van der Waals surface area (Å²) in [6, 6.07) is 7.41. The lowest BCUT2D eigenvalue weighted by Crippen LogP contribution is -2.45. The zero-order valence-electron chi connectivity index (χ0n) is 16.2. The number of hydrogen-bond acceptors (Lipinski definition) is 8. The van der Waals surface area contributed by atoms with E-state index in [1.165, 1.54) is 0 Å². The second-order valence-corrected chi connectivity index (χ2v) is 8.07. The first-order chi connectivity index (χ1) is 14.7. The van der Waals surface area contributed by atoms with Crippen LogP contribution >= 0.6 is 0 Å². The van der Waals surface area contributed by atoms with E-state index >= 15 is 0 Å². The quantitative estimate of drug-likeness (QED) is 0.761. The van der Waals surface area contributed by atoms with Crippen LogP contribution in [0.2, 0.25) is 0 Å². The second-order valence-electron chi connectivity index (χ2n) is 8.07. The zero-order chi connectivity index (χ0) is 20.1. The van der Waals surface area contributed by atoms with Crippen LogP contribution in [0, 0.1) is 5.92 Å². The number of ether oxygens (including phenoxy) is 4. The van der Waals surface area contributed by atoms with Gasteiger partial charge < -0.3 is 29.6 Å². The van der Waals surface area contributed by atoms with Crippen LogP contribution in [0.5, 0.6) is 11.5 Å². The Bertz CT molecular complexity index is 982. The molecule has 0 unspecified atom stereocenters. The number of nitrogens with one attached hydrogen (secondary N) is 2. The summed E-state index contributed by atoms with van der Waals surface area (Å²) in [5.74, 6) is 2.25. The highest BCUT2D eigenvalue weighted by molar-refractivity contribution is 5.81. The molecule has 3 aliphatic heterocycles. The minimum atomic E-state index is -0.151. The van der Waals surface area contributed by atoms with Gasteiger partial charge in [0.05, 0.1) is 31.0 Å². The molecule has 4 heterocycles. The normalized spacial score (nSPS) is 28.9. The van der Waals surface area contributed by atoms with Gasteiger partial charge in [0, 0.05) is 17.7 Å². The van der Waals surface area contributed by atoms with Crippen molar-refractivity contribution in [2.45, 2.75) is 37.1 Å². The van der Waals surface area contributed by atoms with E-state index in [0.717, 1.165) is 29.8 Å². The first-order valence-electron chi connectivity index (χ1n) is 10.3. The fraction of sp³-hybridized carbons (Fsp3) is 0.476. The molecule has 1 aromatic heterocycles. The van der Waals surface area contributed by atoms with Gasteiger partial charge in [-0.3, -0.25) is 4.79 Å². The molecule has 3 fully saturated rings. The second kappa shape index (κ2) is 7.10. The van der Waals surface area contributed by atoms with Gasteiger partial charge in [0.2, 0.25) is 18.6 Å². The zero-order valence-corrected chi connectivity index (χ0v) is 16.2. The van der Waals surface area contributed by atoms with Gasteiger partial charge in [-0.25, -0.2) is 9.97 Å². The van der Waals surface area contributed by atoms with Gasteiger partial charge >= 0.3 is 0 Å². The summed E-state index contributed by atoms with van der Waals surface area (Å²) in [5.41, 5.74) is 1.70. The van der Waals surface area contributed by atoms with E-state index in [1.54, 1.807) is 6.20 Å². The Hall–Kier alpha value is -2.91. The molecule has 9 nitrogen and oxygen atoms in total. The van der Waals surface area contributed by atoms with Gasteiger partial charge in [-0.15, -0.1) is 0 Å². The Morgan fingerprint density at radius 3 is 2.67 bits per heavy atom. The molecule has 0 spiro atoms. The number of hydrogen-bond donors (Lipinski definition) is 2. The van der Waals surface area contributed by atoms with Gasteiger partial charge in [0.1, 0.15) is 12.2 Å². The average Bonchev–Trinajstić information content (AvgIpc) is 3.20. The Kier molecular flexibility index (Phi) is 4.24. The highest BCUT2D eigenvalue weighted by Gasteiger charge is 2.49. The van der Waals surface area contributed by atoms with E-state index in [9.17, 15) is 4.79 Å². The van der Waals surface area contributed by atoms with E-state index in [4.69, 9.17) is 18.9 Å². The van der Waals surface area contributed by atoms with Crippen LogP contribution in [0.1, 0.15) is 12.8 Å². The monoisotopic (exact) mass is 410 g/mol. The van der Waals surface area contributed by atoms with Gasteiger partial charge in [-0.1, -0.05) is 0 Å². The number of benzene rings is 1. The van der Waals surface area contributed by atoms with E-state index in [1.807, 2.05) is 24.3 Å². The van der Waals surface area contributed by atoms with Crippen LogP contribution in [0.4, 0.5) is 5.95 Å². The van der Waals surface area contributed by atoms with Gasteiger partial charge in [0.25, 0.3) is 0 Å². The van der Waals surface area contributed by atoms with Crippen molar-refractivity contribution in [2.24, 2.45) is 5.92 Å². The third-order valence-corrected chi connectivity index (χ3v) is 5.97. The topological polar surface area (TPSA) is 104 Å². The van der Waals surface area contributed by atoms with Gasteiger partial charge in [0.15, 0.2) is 11.5 Å². The van der Waals surface area contributed by atoms with Crippen molar-refractivity contribution < 1.29 is 23.7 Å². The number of anilines is 1. The molecule has 30 heavy (non-hydrogen) atoms. The summed E-state index contributed by atoms with van der Waals surface area (Å²) in [4.78, 5) is 21.1. The maximum absolute atomic E-state index is 12.1. The minimum Gasteiger partial charge on any atom is -0.454 e. The number of carbonyl (C=O) groups is 1. The van der Waals surface area contributed by atoms with Crippen molar-refractivity contribution >= 4 is 11.9 Å². The molecule has 1 amide bonds. The molecule has 0 radical (unpaired) electrons.